The first-order chi connectivity index (χ1) is 18.1. The van der Waals surface area contributed by atoms with Crippen molar-refractivity contribution in [3.05, 3.63) is 130 Å². The molecule has 0 saturated carbocycles. The summed E-state index contributed by atoms with van der Waals surface area (Å²) in [6, 6.07) is 35.5. The van der Waals surface area contributed by atoms with Crippen LogP contribution >= 0.6 is 0 Å². The quantitative estimate of drug-likeness (QED) is 0.172. The molecule has 0 fully saturated rings. The molecule has 0 aromatic heterocycles. The van der Waals surface area contributed by atoms with E-state index >= 15 is 0 Å². The van der Waals surface area contributed by atoms with Crippen LogP contribution in [0.2, 0.25) is 0 Å². The summed E-state index contributed by atoms with van der Waals surface area (Å²) < 4.78 is 0. The normalized spacial score (nSPS) is 12.8. The lowest BCUT2D eigenvalue weighted by atomic mass is 9.86. The first kappa shape index (κ1) is 25.7. The summed E-state index contributed by atoms with van der Waals surface area (Å²) in [6.07, 6.45) is 9.06. The Morgan fingerprint density at radius 1 is 0.368 bits per heavy atom. The molecule has 0 N–H and O–H groups in total. The Bertz CT molecular complexity index is 1450. The lowest BCUT2D eigenvalue weighted by Crippen LogP contribution is -2.10. The van der Waals surface area contributed by atoms with Crippen molar-refractivity contribution in [2.24, 2.45) is 0 Å². The van der Waals surface area contributed by atoms with Crippen molar-refractivity contribution in [1.29, 1.82) is 0 Å². The zero-order valence-corrected chi connectivity index (χ0v) is 23.5. The van der Waals surface area contributed by atoms with Gasteiger partial charge in [-0.15, -0.1) is 0 Å². The summed E-state index contributed by atoms with van der Waals surface area (Å²) in [5.74, 6) is 0. The van der Waals surface area contributed by atoms with Gasteiger partial charge in [0.25, 0.3) is 0 Å². The summed E-state index contributed by atoms with van der Waals surface area (Å²) in [6.45, 7) is 13.5. The van der Waals surface area contributed by atoms with Gasteiger partial charge >= 0.3 is 0 Å². The van der Waals surface area contributed by atoms with Crippen LogP contribution in [0.5, 0.6) is 0 Å². The predicted molar refractivity (Wildman–Crippen MR) is 170 cm³/mol. The lowest BCUT2D eigenvalue weighted by Gasteiger charge is -2.19. The predicted octanol–water partition coefficient (Wildman–Crippen LogP) is 10.9. The number of rotatable bonds is 4. The van der Waals surface area contributed by atoms with Gasteiger partial charge < -0.3 is 0 Å². The molecule has 0 aliphatic carbocycles. The minimum absolute atomic E-state index is 0.159. The molecule has 5 rings (SSSR count). The highest BCUT2D eigenvalue weighted by atomic mass is 14.2. The average Bonchev–Trinajstić information content (AvgIpc) is 2.90. The van der Waals surface area contributed by atoms with E-state index in [0.717, 1.165) is 0 Å². The maximum absolute atomic E-state index is 2.29. The number of hydrogen-bond acceptors (Lipinski definition) is 0. The first-order valence-corrected chi connectivity index (χ1v) is 13.6. The molecule has 5 aromatic rings. The third-order valence-electron chi connectivity index (χ3n) is 7.45. The van der Waals surface area contributed by atoms with Gasteiger partial charge in [-0.25, -0.2) is 0 Å². The van der Waals surface area contributed by atoms with Gasteiger partial charge in [0.05, 0.1) is 0 Å². The van der Waals surface area contributed by atoms with Crippen LogP contribution in [-0.2, 0) is 10.8 Å². The van der Waals surface area contributed by atoms with Gasteiger partial charge in [-0.1, -0.05) is 163 Å². The molecule has 0 amide bonds. The van der Waals surface area contributed by atoms with Crippen LogP contribution in [0, 0.1) is 0 Å². The molecule has 0 aliphatic heterocycles. The summed E-state index contributed by atoms with van der Waals surface area (Å²) in [4.78, 5) is 0. The molecule has 0 bridgehead atoms. The van der Waals surface area contributed by atoms with Gasteiger partial charge in [0, 0.05) is 0 Å². The van der Waals surface area contributed by atoms with Gasteiger partial charge in [0.15, 0.2) is 0 Å². The molecule has 0 nitrogen and oxygen atoms in total. The Kier molecular flexibility index (Phi) is 6.84. The summed E-state index contributed by atoms with van der Waals surface area (Å²) >= 11 is 0. The Balaban J connectivity index is 1.59. The monoisotopic (exact) mass is 494 g/mol. The highest BCUT2D eigenvalue weighted by Gasteiger charge is 2.14. The van der Waals surface area contributed by atoms with Crippen LogP contribution in [0.15, 0.2) is 97.1 Å². The van der Waals surface area contributed by atoms with E-state index in [0.29, 0.717) is 0 Å². The first-order valence-electron chi connectivity index (χ1n) is 13.6. The van der Waals surface area contributed by atoms with E-state index < -0.39 is 0 Å². The maximum atomic E-state index is 2.29. The zero-order chi connectivity index (χ0) is 26.9. The van der Waals surface area contributed by atoms with E-state index in [1.54, 1.807) is 0 Å². The second kappa shape index (κ2) is 10.1. The van der Waals surface area contributed by atoms with Gasteiger partial charge in [0.1, 0.15) is 0 Å². The average molecular weight is 495 g/mol. The third kappa shape index (κ3) is 5.36. The molecule has 0 spiro atoms. The smallest absolute Gasteiger partial charge is 0.00987 e. The summed E-state index contributed by atoms with van der Waals surface area (Å²) in [7, 11) is 0. The molecule has 0 atom stereocenters. The fraction of sp³-hybridized carbons (Fsp3) is 0.211. The van der Waals surface area contributed by atoms with Crippen molar-refractivity contribution in [2.75, 3.05) is 0 Å². The van der Waals surface area contributed by atoms with Gasteiger partial charge in [-0.05, 0) is 65.8 Å². The molecule has 0 heteroatoms. The van der Waals surface area contributed by atoms with E-state index in [4.69, 9.17) is 0 Å². The molecule has 0 aliphatic rings. The molecule has 0 radical (unpaired) electrons. The second-order valence-electron chi connectivity index (χ2n) is 12.3. The van der Waals surface area contributed by atoms with E-state index in [-0.39, 0.29) is 10.8 Å². The van der Waals surface area contributed by atoms with Crippen LogP contribution in [0.1, 0.15) is 74.9 Å². The van der Waals surface area contributed by atoms with Crippen LogP contribution < -0.4 is 0 Å². The van der Waals surface area contributed by atoms with E-state index in [9.17, 15) is 0 Å². The van der Waals surface area contributed by atoms with Crippen molar-refractivity contribution in [1.82, 2.24) is 0 Å². The zero-order valence-electron chi connectivity index (χ0n) is 23.5. The molecule has 0 heterocycles. The standard InChI is InChI=1S/C38H38/c1-37(2,3)29-21-15-27(16-22-29)19-25-35-31-11-7-9-13-33(31)36(34-14-10-8-12-32(34)35)26-20-28-17-23-30(24-18-28)38(4,5)6/h7-26H,1-6H3. The minimum Gasteiger partial charge on any atom is -0.0616 e. The minimum atomic E-state index is 0.159. The van der Waals surface area contributed by atoms with E-state index in [1.807, 2.05) is 0 Å². The van der Waals surface area contributed by atoms with Crippen molar-refractivity contribution >= 4 is 45.8 Å². The Hall–Kier alpha value is -3.90. The summed E-state index contributed by atoms with van der Waals surface area (Å²) in [5.41, 5.74) is 8.00. The van der Waals surface area contributed by atoms with Gasteiger partial charge in [-0.3, -0.25) is 0 Å². The Morgan fingerprint density at radius 2 is 0.658 bits per heavy atom. The molecular formula is C38H38. The largest absolute Gasteiger partial charge is 0.0616 e. The molecule has 190 valence electrons. The van der Waals surface area contributed by atoms with Gasteiger partial charge in [-0.2, -0.15) is 0 Å². The fourth-order valence-electron chi connectivity index (χ4n) is 5.10. The third-order valence-corrected chi connectivity index (χ3v) is 7.45. The van der Waals surface area contributed by atoms with Crippen molar-refractivity contribution in [3.8, 4) is 0 Å². The number of fused-ring (bicyclic) bond motifs is 2. The van der Waals surface area contributed by atoms with Crippen molar-refractivity contribution in [3.63, 3.8) is 0 Å². The highest BCUT2D eigenvalue weighted by molar-refractivity contribution is 6.14. The number of hydrogen-bond donors (Lipinski definition) is 0. The van der Waals surface area contributed by atoms with Gasteiger partial charge in [0.2, 0.25) is 0 Å². The molecule has 0 unspecified atom stereocenters. The SMILES string of the molecule is CC(C)(C)c1ccc(C=Cc2c3ccccc3c(C=Cc3ccc(C(C)(C)C)cc3)c3ccccc23)cc1. The molecule has 5 aromatic carbocycles. The second-order valence-corrected chi connectivity index (χ2v) is 12.3. The van der Waals surface area contributed by atoms with Crippen LogP contribution in [0.4, 0.5) is 0 Å². The molecular weight excluding hydrogens is 456 g/mol. The lowest BCUT2D eigenvalue weighted by molar-refractivity contribution is 0.590. The topological polar surface area (TPSA) is 0 Å². The maximum Gasteiger partial charge on any atom is -0.00987 e. The fourth-order valence-corrected chi connectivity index (χ4v) is 5.10. The van der Waals surface area contributed by atoms with E-state index in [2.05, 4.69) is 163 Å². The number of benzene rings is 5. The van der Waals surface area contributed by atoms with Crippen molar-refractivity contribution < 1.29 is 0 Å². The van der Waals surface area contributed by atoms with Crippen molar-refractivity contribution in [2.45, 2.75) is 52.4 Å². The van der Waals surface area contributed by atoms with E-state index in [1.165, 1.54) is 54.9 Å². The molecule has 38 heavy (non-hydrogen) atoms. The van der Waals surface area contributed by atoms with Crippen LogP contribution in [-0.4, -0.2) is 0 Å². The Labute approximate surface area is 228 Å². The van der Waals surface area contributed by atoms with Crippen LogP contribution in [0.3, 0.4) is 0 Å². The highest BCUT2D eigenvalue weighted by Crippen LogP contribution is 2.35. The Morgan fingerprint density at radius 3 is 0.921 bits per heavy atom. The molecule has 0 saturated heterocycles. The summed E-state index contributed by atoms with van der Waals surface area (Å²) in [5, 5.41) is 5.10. The van der Waals surface area contributed by atoms with Crippen LogP contribution in [0.25, 0.3) is 45.8 Å².